The smallest absolute Gasteiger partial charge is 0.0598 e. The largest absolute Gasteiger partial charge is 0.376 e. The lowest BCUT2D eigenvalue weighted by Crippen LogP contribution is -2.26. The second kappa shape index (κ2) is 3.72. The number of hydrogen-bond donors (Lipinski definition) is 0. The third-order valence-electron chi connectivity index (χ3n) is 1.39. The van der Waals surface area contributed by atoms with Gasteiger partial charge < -0.3 is 4.74 Å². The Hall–Kier alpha value is 0.177. The highest BCUT2D eigenvalue weighted by atomic mass is 28.3. The van der Waals surface area contributed by atoms with Gasteiger partial charge in [-0.3, -0.25) is 0 Å². The van der Waals surface area contributed by atoms with Crippen LogP contribution in [0, 0.1) is 0 Å². The normalized spacial score (nSPS) is 13.6. The minimum absolute atomic E-state index is 0.0413. The first kappa shape index (κ1) is 11.2. The molecule has 0 aliphatic heterocycles. The maximum atomic E-state index is 5.64. The first-order valence-electron chi connectivity index (χ1n) is 4.35. The lowest BCUT2D eigenvalue weighted by atomic mass is 10.2. The zero-order valence-corrected chi connectivity index (χ0v) is 9.82. The van der Waals surface area contributed by atoms with Gasteiger partial charge in [-0.1, -0.05) is 19.6 Å². The van der Waals surface area contributed by atoms with Crippen LogP contribution >= 0.6 is 0 Å². The summed E-state index contributed by atoms with van der Waals surface area (Å²) in [4.78, 5) is 0. The summed E-state index contributed by atoms with van der Waals surface area (Å²) in [6.07, 6.45) is 0. The predicted molar refractivity (Wildman–Crippen MR) is 53.9 cm³/mol. The Morgan fingerprint density at radius 3 is 1.82 bits per heavy atom. The van der Waals surface area contributed by atoms with Crippen LogP contribution in [0.2, 0.25) is 25.7 Å². The SMILES string of the molecule is CC(C)(C)OCC[Si](C)(C)C. The summed E-state index contributed by atoms with van der Waals surface area (Å²) < 4.78 is 5.64. The van der Waals surface area contributed by atoms with Crippen LogP contribution in [0.5, 0.6) is 0 Å². The second-order valence-corrected chi connectivity index (χ2v) is 10.9. The molecule has 0 aliphatic rings. The molecule has 0 aromatic carbocycles. The molecular formula is C9H22OSi. The zero-order chi connectivity index (χ0) is 9.12. The van der Waals surface area contributed by atoms with E-state index >= 15 is 0 Å². The van der Waals surface area contributed by atoms with Gasteiger partial charge in [-0.25, -0.2) is 0 Å². The third kappa shape index (κ3) is 10.2. The van der Waals surface area contributed by atoms with Gasteiger partial charge in [0.15, 0.2) is 0 Å². The molecule has 0 unspecified atom stereocenters. The van der Waals surface area contributed by atoms with Crippen molar-refractivity contribution in [2.24, 2.45) is 0 Å². The zero-order valence-electron chi connectivity index (χ0n) is 8.82. The molecule has 1 nitrogen and oxygen atoms in total. The van der Waals surface area contributed by atoms with Crippen molar-refractivity contribution in [3.63, 3.8) is 0 Å². The molecule has 0 fully saturated rings. The highest BCUT2D eigenvalue weighted by Crippen LogP contribution is 2.12. The number of hydrogen-bond acceptors (Lipinski definition) is 1. The number of rotatable bonds is 3. The maximum absolute atomic E-state index is 5.64. The van der Waals surface area contributed by atoms with E-state index in [-0.39, 0.29) is 5.60 Å². The first-order chi connectivity index (χ1) is 4.71. The first-order valence-corrected chi connectivity index (χ1v) is 8.05. The molecule has 0 amide bonds. The Balaban J connectivity index is 3.44. The molecule has 68 valence electrons. The molecule has 11 heavy (non-hydrogen) atoms. The Bertz CT molecular complexity index is 93.7. The summed E-state index contributed by atoms with van der Waals surface area (Å²) in [6.45, 7) is 14.4. The van der Waals surface area contributed by atoms with Crippen LogP contribution in [0.3, 0.4) is 0 Å². The summed E-state index contributed by atoms with van der Waals surface area (Å²) >= 11 is 0. The quantitative estimate of drug-likeness (QED) is 0.597. The van der Waals surface area contributed by atoms with Crippen molar-refractivity contribution in [2.75, 3.05) is 6.61 Å². The molecule has 0 heterocycles. The summed E-state index contributed by atoms with van der Waals surface area (Å²) in [5.41, 5.74) is 0.0413. The molecule has 0 saturated heterocycles. The Morgan fingerprint density at radius 1 is 1.09 bits per heavy atom. The van der Waals surface area contributed by atoms with E-state index in [0.29, 0.717) is 0 Å². The van der Waals surface area contributed by atoms with E-state index in [1.165, 1.54) is 6.04 Å². The molecule has 0 aliphatic carbocycles. The summed E-state index contributed by atoms with van der Waals surface area (Å²) in [5, 5.41) is 0. The highest BCUT2D eigenvalue weighted by Gasteiger charge is 2.15. The Kier molecular flexibility index (Phi) is 3.78. The molecule has 0 spiro atoms. The number of ether oxygens (including phenoxy) is 1. The molecule has 0 aromatic heterocycles. The second-order valence-electron chi connectivity index (χ2n) is 5.27. The molecule has 0 N–H and O–H groups in total. The molecule has 0 atom stereocenters. The minimum atomic E-state index is -0.882. The van der Waals surface area contributed by atoms with E-state index < -0.39 is 8.07 Å². The fraction of sp³-hybridized carbons (Fsp3) is 1.00. The van der Waals surface area contributed by atoms with E-state index in [9.17, 15) is 0 Å². The van der Waals surface area contributed by atoms with Crippen molar-refractivity contribution in [1.29, 1.82) is 0 Å². The average Bonchev–Trinajstić information content (AvgIpc) is 1.55. The molecule has 0 saturated carbocycles. The maximum Gasteiger partial charge on any atom is 0.0598 e. The van der Waals surface area contributed by atoms with Crippen molar-refractivity contribution in [3.8, 4) is 0 Å². The van der Waals surface area contributed by atoms with E-state index in [4.69, 9.17) is 4.74 Å². The fourth-order valence-electron chi connectivity index (χ4n) is 0.663. The molecule has 0 bridgehead atoms. The van der Waals surface area contributed by atoms with Crippen LogP contribution in [0.15, 0.2) is 0 Å². The van der Waals surface area contributed by atoms with Crippen molar-refractivity contribution in [2.45, 2.75) is 52.1 Å². The van der Waals surface area contributed by atoms with Crippen LogP contribution in [0.1, 0.15) is 20.8 Å². The minimum Gasteiger partial charge on any atom is -0.376 e. The Morgan fingerprint density at radius 2 is 1.55 bits per heavy atom. The van der Waals surface area contributed by atoms with Crippen LogP contribution in [-0.2, 0) is 4.74 Å². The van der Waals surface area contributed by atoms with E-state index in [1.54, 1.807) is 0 Å². The van der Waals surface area contributed by atoms with Crippen molar-refractivity contribution in [1.82, 2.24) is 0 Å². The van der Waals surface area contributed by atoms with Gasteiger partial charge in [0.05, 0.1) is 5.60 Å². The molecule has 2 heteroatoms. The molecule has 0 radical (unpaired) electrons. The summed E-state index contributed by atoms with van der Waals surface area (Å²) in [7, 11) is -0.882. The fourth-order valence-corrected chi connectivity index (χ4v) is 1.38. The molecular weight excluding hydrogens is 152 g/mol. The molecule has 0 aromatic rings. The van der Waals surface area contributed by atoms with Gasteiger partial charge in [-0.2, -0.15) is 0 Å². The molecule has 0 rings (SSSR count). The van der Waals surface area contributed by atoms with Crippen LogP contribution in [0.4, 0.5) is 0 Å². The van der Waals surface area contributed by atoms with Crippen molar-refractivity contribution < 1.29 is 4.74 Å². The van der Waals surface area contributed by atoms with E-state index in [1.807, 2.05) is 0 Å². The monoisotopic (exact) mass is 174 g/mol. The van der Waals surface area contributed by atoms with E-state index in [0.717, 1.165) is 6.61 Å². The highest BCUT2D eigenvalue weighted by molar-refractivity contribution is 6.76. The van der Waals surface area contributed by atoms with Gasteiger partial charge in [-0.15, -0.1) is 0 Å². The lowest BCUT2D eigenvalue weighted by molar-refractivity contribution is 0.00492. The van der Waals surface area contributed by atoms with Crippen molar-refractivity contribution >= 4 is 8.07 Å². The van der Waals surface area contributed by atoms with Crippen molar-refractivity contribution in [3.05, 3.63) is 0 Å². The summed E-state index contributed by atoms with van der Waals surface area (Å²) in [5.74, 6) is 0. The van der Waals surface area contributed by atoms with Gasteiger partial charge in [0.1, 0.15) is 0 Å². The van der Waals surface area contributed by atoms with Crippen LogP contribution in [-0.4, -0.2) is 20.3 Å². The average molecular weight is 174 g/mol. The van der Waals surface area contributed by atoms with Gasteiger partial charge in [0, 0.05) is 14.7 Å². The Labute approximate surface area is 72.2 Å². The standard InChI is InChI=1S/C9H22OSi/c1-9(2,3)10-7-8-11(4,5)6/h7-8H2,1-6H3. The lowest BCUT2D eigenvalue weighted by Gasteiger charge is -2.22. The predicted octanol–water partition coefficient (Wildman–Crippen LogP) is 3.14. The van der Waals surface area contributed by atoms with E-state index in [2.05, 4.69) is 40.4 Å². The van der Waals surface area contributed by atoms with Crippen LogP contribution < -0.4 is 0 Å². The van der Waals surface area contributed by atoms with Gasteiger partial charge in [0.2, 0.25) is 0 Å². The topological polar surface area (TPSA) is 9.23 Å². The van der Waals surface area contributed by atoms with Gasteiger partial charge in [-0.05, 0) is 26.8 Å². The van der Waals surface area contributed by atoms with Gasteiger partial charge >= 0.3 is 0 Å². The summed E-state index contributed by atoms with van der Waals surface area (Å²) in [6, 6.07) is 1.27. The van der Waals surface area contributed by atoms with Crippen LogP contribution in [0.25, 0.3) is 0 Å². The third-order valence-corrected chi connectivity index (χ3v) is 3.09. The van der Waals surface area contributed by atoms with Gasteiger partial charge in [0.25, 0.3) is 0 Å².